The van der Waals surface area contributed by atoms with E-state index in [1.165, 1.54) is 0 Å². The van der Waals surface area contributed by atoms with E-state index in [9.17, 15) is 0 Å². The van der Waals surface area contributed by atoms with E-state index in [-0.39, 0.29) is 0 Å². The molecule has 0 bridgehead atoms. The first kappa shape index (κ1) is 9.41. The van der Waals surface area contributed by atoms with Crippen molar-refractivity contribution in [2.45, 2.75) is 38.4 Å². The Labute approximate surface area is 60.9 Å². The average molecular weight is 143 g/mol. The maximum absolute atomic E-state index is 9.04. The van der Waals surface area contributed by atoms with Gasteiger partial charge in [-0.3, -0.25) is 0 Å². The smallest absolute Gasteiger partial charge is 0.0622 e. The number of nitrogens with zero attached hydrogens (tertiary/aromatic N) is 1. The molecule has 0 radical (unpaired) electrons. The first-order valence-corrected chi connectivity index (χ1v) is 3.40. The van der Waals surface area contributed by atoms with E-state index in [0.717, 1.165) is 0 Å². The lowest BCUT2D eigenvalue weighted by molar-refractivity contribution is 0.0861. The number of hydrogen-bond acceptors (Lipinski definition) is 3. The van der Waals surface area contributed by atoms with E-state index in [0.29, 0.717) is 19.3 Å². The van der Waals surface area contributed by atoms with Gasteiger partial charge in [0.1, 0.15) is 0 Å². The van der Waals surface area contributed by atoms with Crippen LogP contribution in [0.15, 0.2) is 0 Å². The van der Waals surface area contributed by atoms with Crippen LogP contribution in [0.2, 0.25) is 0 Å². The van der Waals surface area contributed by atoms with Crippen molar-refractivity contribution < 1.29 is 10.2 Å². The molecular formula is C7H13NO2. The Morgan fingerprint density at radius 1 is 1.50 bits per heavy atom. The quantitative estimate of drug-likeness (QED) is 0.599. The summed E-state index contributed by atoms with van der Waals surface area (Å²) in [5.74, 6) is 0. The van der Waals surface area contributed by atoms with Crippen molar-refractivity contribution in [2.75, 3.05) is 0 Å². The van der Waals surface area contributed by atoms with Gasteiger partial charge in [-0.15, -0.1) is 0 Å². The SMILES string of the molecule is CC(O)CC(O)CCC#N. The number of rotatable bonds is 4. The highest BCUT2D eigenvalue weighted by Gasteiger charge is 2.06. The van der Waals surface area contributed by atoms with Crippen LogP contribution in [0.3, 0.4) is 0 Å². The van der Waals surface area contributed by atoms with Gasteiger partial charge in [-0.2, -0.15) is 5.26 Å². The predicted octanol–water partition coefficient (Wildman–Crippen LogP) is 0.422. The molecule has 0 heterocycles. The fraction of sp³-hybridized carbons (Fsp3) is 0.857. The van der Waals surface area contributed by atoms with Gasteiger partial charge in [0.2, 0.25) is 0 Å². The molecule has 0 fully saturated rings. The van der Waals surface area contributed by atoms with Crippen LogP contribution in [0, 0.1) is 11.3 Å². The molecule has 0 amide bonds. The van der Waals surface area contributed by atoms with E-state index in [1.807, 2.05) is 6.07 Å². The zero-order chi connectivity index (χ0) is 7.98. The Morgan fingerprint density at radius 3 is 2.50 bits per heavy atom. The Hall–Kier alpha value is -0.590. The third-order valence-electron chi connectivity index (χ3n) is 1.20. The molecule has 0 aliphatic rings. The van der Waals surface area contributed by atoms with Gasteiger partial charge in [-0.25, -0.2) is 0 Å². The normalized spacial score (nSPS) is 15.8. The highest BCUT2D eigenvalue weighted by Crippen LogP contribution is 2.03. The van der Waals surface area contributed by atoms with Gasteiger partial charge in [0.15, 0.2) is 0 Å². The topological polar surface area (TPSA) is 64.2 Å². The largest absolute Gasteiger partial charge is 0.393 e. The fourth-order valence-corrected chi connectivity index (χ4v) is 0.743. The second kappa shape index (κ2) is 5.21. The van der Waals surface area contributed by atoms with Crippen molar-refractivity contribution in [3.8, 4) is 6.07 Å². The van der Waals surface area contributed by atoms with Crippen LogP contribution in [0.1, 0.15) is 26.2 Å². The summed E-state index contributed by atoms with van der Waals surface area (Å²) in [4.78, 5) is 0. The molecule has 0 saturated carbocycles. The van der Waals surface area contributed by atoms with Gasteiger partial charge in [0.05, 0.1) is 18.3 Å². The Morgan fingerprint density at radius 2 is 2.10 bits per heavy atom. The lowest BCUT2D eigenvalue weighted by atomic mass is 10.1. The molecule has 0 aromatic heterocycles. The number of aliphatic hydroxyl groups is 2. The molecule has 0 aromatic carbocycles. The van der Waals surface area contributed by atoms with Crippen molar-refractivity contribution in [3.63, 3.8) is 0 Å². The highest BCUT2D eigenvalue weighted by molar-refractivity contribution is 4.72. The van der Waals surface area contributed by atoms with Gasteiger partial charge < -0.3 is 10.2 Å². The zero-order valence-electron chi connectivity index (χ0n) is 6.12. The average Bonchev–Trinajstić information content (AvgIpc) is 1.82. The van der Waals surface area contributed by atoms with E-state index in [4.69, 9.17) is 15.5 Å². The molecule has 0 aromatic rings. The minimum atomic E-state index is -0.528. The van der Waals surface area contributed by atoms with Crippen LogP contribution < -0.4 is 0 Å². The Balaban J connectivity index is 3.27. The second-order valence-corrected chi connectivity index (χ2v) is 2.44. The summed E-state index contributed by atoms with van der Waals surface area (Å²) in [5.41, 5.74) is 0. The van der Waals surface area contributed by atoms with E-state index < -0.39 is 12.2 Å². The van der Waals surface area contributed by atoms with E-state index >= 15 is 0 Å². The summed E-state index contributed by atoms with van der Waals surface area (Å²) in [7, 11) is 0. The third-order valence-corrected chi connectivity index (χ3v) is 1.20. The summed E-state index contributed by atoms with van der Waals surface area (Å²) in [6, 6.07) is 1.93. The molecule has 10 heavy (non-hydrogen) atoms. The summed E-state index contributed by atoms with van der Waals surface area (Å²) < 4.78 is 0. The number of hydrogen-bond donors (Lipinski definition) is 2. The molecule has 3 heteroatoms. The molecule has 2 N–H and O–H groups in total. The van der Waals surface area contributed by atoms with Crippen molar-refractivity contribution >= 4 is 0 Å². The highest BCUT2D eigenvalue weighted by atomic mass is 16.3. The summed E-state index contributed by atoms with van der Waals surface area (Å²) in [6.07, 6.45) is 0.171. The summed E-state index contributed by atoms with van der Waals surface area (Å²) in [6.45, 7) is 1.62. The van der Waals surface area contributed by atoms with Crippen molar-refractivity contribution in [2.24, 2.45) is 0 Å². The second-order valence-electron chi connectivity index (χ2n) is 2.44. The minimum absolute atomic E-state index is 0.355. The van der Waals surface area contributed by atoms with E-state index in [2.05, 4.69) is 0 Å². The molecule has 0 aliphatic heterocycles. The lowest BCUT2D eigenvalue weighted by Crippen LogP contribution is -2.14. The molecule has 0 rings (SSSR count). The molecule has 58 valence electrons. The van der Waals surface area contributed by atoms with Crippen molar-refractivity contribution in [3.05, 3.63) is 0 Å². The van der Waals surface area contributed by atoms with Crippen LogP contribution in [-0.2, 0) is 0 Å². The lowest BCUT2D eigenvalue weighted by Gasteiger charge is -2.09. The molecule has 2 atom stereocenters. The van der Waals surface area contributed by atoms with Crippen molar-refractivity contribution in [1.29, 1.82) is 5.26 Å². The van der Waals surface area contributed by atoms with Gasteiger partial charge in [-0.1, -0.05) is 0 Å². The number of nitriles is 1. The maximum Gasteiger partial charge on any atom is 0.0622 e. The molecule has 0 aliphatic carbocycles. The van der Waals surface area contributed by atoms with Gasteiger partial charge in [-0.05, 0) is 19.8 Å². The predicted molar refractivity (Wildman–Crippen MR) is 37.2 cm³/mol. The third kappa shape index (κ3) is 5.54. The van der Waals surface area contributed by atoms with E-state index in [1.54, 1.807) is 6.92 Å². The first-order valence-electron chi connectivity index (χ1n) is 3.40. The Kier molecular flexibility index (Phi) is 4.91. The maximum atomic E-state index is 9.04. The van der Waals surface area contributed by atoms with Crippen LogP contribution in [0.4, 0.5) is 0 Å². The zero-order valence-corrected chi connectivity index (χ0v) is 6.12. The van der Waals surface area contributed by atoms with Crippen LogP contribution in [0.25, 0.3) is 0 Å². The van der Waals surface area contributed by atoms with Gasteiger partial charge >= 0.3 is 0 Å². The van der Waals surface area contributed by atoms with Crippen LogP contribution in [0.5, 0.6) is 0 Å². The minimum Gasteiger partial charge on any atom is -0.393 e. The molecule has 0 spiro atoms. The monoisotopic (exact) mass is 143 g/mol. The molecule has 3 nitrogen and oxygen atoms in total. The summed E-state index contributed by atoms with van der Waals surface area (Å²) in [5, 5.41) is 25.9. The van der Waals surface area contributed by atoms with Crippen molar-refractivity contribution in [1.82, 2.24) is 0 Å². The summed E-state index contributed by atoms with van der Waals surface area (Å²) >= 11 is 0. The molecular weight excluding hydrogens is 130 g/mol. The van der Waals surface area contributed by atoms with Gasteiger partial charge in [0.25, 0.3) is 0 Å². The Bertz CT molecular complexity index is 117. The fourth-order valence-electron chi connectivity index (χ4n) is 0.743. The standard InChI is InChI=1S/C7H13NO2/c1-6(9)5-7(10)3-2-4-8/h6-7,9-10H,2-3,5H2,1H3. The molecule has 0 saturated heterocycles. The van der Waals surface area contributed by atoms with Crippen LogP contribution in [-0.4, -0.2) is 22.4 Å². The van der Waals surface area contributed by atoms with Gasteiger partial charge in [0, 0.05) is 6.42 Å². The first-order chi connectivity index (χ1) is 4.66. The van der Waals surface area contributed by atoms with Crippen LogP contribution >= 0.6 is 0 Å². The number of aliphatic hydroxyl groups excluding tert-OH is 2. The molecule has 2 unspecified atom stereocenters.